The van der Waals surface area contributed by atoms with Gasteiger partial charge in [-0.2, -0.15) is 0 Å². The molecular weight excluding hydrogens is 434 g/mol. The largest absolute Gasteiger partial charge is 0.496 e. The van der Waals surface area contributed by atoms with Gasteiger partial charge in [0.05, 0.1) is 11.2 Å². The lowest BCUT2D eigenvalue weighted by molar-refractivity contribution is -0.157. The molecule has 0 spiro atoms. The number of benzene rings is 1. The van der Waals surface area contributed by atoms with Crippen molar-refractivity contribution in [2.75, 3.05) is 18.6 Å². The number of carbonyl (C=O) groups is 2. The maximum atomic E-state index is 12.9. The number of hydrogen-bond acceptors (Lipinski definition) is 7. The Morgan fingerprint density at radius 2 is 1.61 bits per heavy atom. The summed E-state index contributed by atoms with van der Waals surface area (Å²) in [5, 5.41) is 2.73. The fourth-order valence-corrected chi connectivity index (χ4v) is 6.59. The summed E-state index contributed by atoms with van der Waals surface area (Å²) in [6.45, 7) is 10.8. The van der Waals surface area contributed by atoms with Crippen LogP contribution in [0.5, 0.6) is 5.75 Å². The Morgan fingerprint density at radius 1 is 1.03 bits per heavy atom. The molecule has 1 amide bonds. The number of carbonyl (C=O) groups excluding carboxylic acids is 2. The van der Waals surface area contributed by atoms with Gasteiger partial charge in [-0.25, -0.2) is 9.59 Å². The third kappa shape index (κ3) is 7.83. The molecule has 174 valence electrons. The molecule has 8 heteroatoms. The van der Waals surface area contributed by atoms with Crippen LogP contribution in [0.2, 0.25) is 0 Å². The van der Waals surface area contributed by atoms with Gasteiger partial charge in [0.2, 0.25) is 0 Å². The van der Waals surface area contributed by atoms with Crippen LogP contribution in [0.3, 0.4) is 0 Å². The van der Waals surface area contributed by atoms with Gasteiger partial charge < -0.3 is 19.5 Å². The normalized spacial score (nSPS) is 17.0. The molecule has 1 saturated heterocycles. The van der Waals surface area contributed by atoms with Crippen LogP contribution in [0.1, 0.15) is 59.9 Å². The molecule has 0 saturated carbocycles. The highest BCUT2D eigenvalue weighted by Gasteiger charge is 2.41. The Labute approximate surface area is 194 Å². The quantitative estimate of drug-likeness (QED) is 0.540. The summed E-state index contributed by atoms with van der Waals surface area (Å²) in [6, 6.07) is 7.19. The second kappa shape index (κ2) is 10.4. The van der Waals surface area contributed by atoms with Crippen LogP contribution >= 0.6 is 23.5 Å². The van der Waals surface area contributed by atoms with E-state index >= 15 is 0 Å². The van der Waals surface area contributed by atoms with E-state index in [1.807, 2.05) is 62.5 Å². The van der Waals surface area contributed by atoms with Gasteiger partial charge in [-0.3, -0.25) is 0 Å². The average molecular weight is 470 g/mol. The predicted octanol–water partition coefficient (Wildman–Crippen LogP) is 5.34. The van der Waals surface area contributed by atoms with Gasteiger partial charge in [0.1, 0.15) is 23.0 Å². The maximum absolute atomic E-state index is 12.9. The Kier molecular flexibility index (Phi) is 8.62. The van der Waals surface area contributed by atoms with E-state index in [-0.39, 0.29) is 4.08 Å². The lowest BCUT2D eigenvalue weighted by Crippen LogP contribution is -2.46. The van der Waals surface area contributed by atoms with Crippen molar-refractivity contribution in [3.63, 3.8) is 0 Å². The number of hydrogen-bond donors (Lipinski definition) is 1. The molecule has 1 aromatic rings. The highest BCUT2D eigenvalue weighted by molar-refractivity contribution is 8.20. The predicted molar refractivity (Wildman–Crippen MR) is 128 cm³/mol. The third-order valence-corrected chi connectivity index (χ3v) is 7.98. The van der Waals surface area contributed by atoms with Crippen molar-refractivity contribution in [1.29, 1.82) is 0 Å². The number of rotatable bonds is 7. The smallest absolute Gasteiger partial charge is 0.408 e. The first kappa shape index (κ1) is 25.7. The van der Waals surface area contributed by atoms with Crippen molar-refractivity contribution in [3.8, 4) is 5.75 Å². The lowest BCUT2D eigenvalue weighted by Gasteiger charge is -2.32. The van der Waals surface area contributed by atoms with E-state index in [1.165, 1.54) is 0 Å². The lowest BCUT2D eigenvalue weighted by atomic mass is 10.0. The fraction of sp³-hybridized carbons (Fsp3) is 0.652. The molecule has 0 radical (unpaired) electrons. The molecule has 31 heavy (non-hydrogen) atoms. The fourth-order valence-electron chi connectivity index (χ4n) is 3.25. The number of methoxy groups -OCH3 is 1. The summed E-state index contributed by atoms with van der Waals surface area (Å²) in [6.07, 6.45) is 0.468. The minimum absolute atomic E-state index is 0.248. The third-order valence-electron chi connectivity index (χ3n) is 4.42. The number of esters is 1. The summed E-state index contributed by atoms with van der Waals surface area (Å²) in [5.41, 5.74) is -0.203. The van der Waals surface area contributed by atoms with Crippen molar-refractivity contribution >= 4 is 35.6 Å². The topological polar surface area (TPSA) is 73.9 Å². The molecule has 1 atom stereocenters. The van der Waals surface area contributed by atoms with E-state index in [0.717, 1.165) is 22.8 Å². The van der Waals surface area contributed by atoms with Gasteiger partial charge in [-0.1, -0.05) is 18.2 Å². The number of ether oxygens (including phenoxy) is 3. The van der Waals surface area contributed by atoms with Crippen LogP contribution in [0.4, 0.5) is 4.79 Å². The Balaban J connectivity index is 2.23. The minimum Gasteiger partial charge on any atom is -0.496 e. The number of para-hydroxylation sites is 1. The standard InChI is InChI=1S/C23H35NO5S2/c1-21(2,3)28-19(25)17(24-20(26)29-22(4,5)6)12-13-23(30-14-15-31-23)16-10-8-9-11-18(16)27-7/h8-11,17H,12-15H2,1-7H3,(H,24,26)/t17-/m0/s1. The van der Waals surface area contributed by atoms with Crippen LogP contribution in [0.25, 0.3) is 0 Å². The Morgan fingerprint density at radius 3 is 2.16 bits per heavy atom. The molecule has 0 bridgehead atoms. The van der Waals surface area contributed by atoms with E-state index in [0.29, 0.717) is 12.8 Å². The van der Waals surface area contributed by atoms with E-state index in [4.69, 9.17) is 14.2 Å². The molecule has 6 nitrogen and oxygen atoms in total. The van der Waals surface area contributed by atoms with Gasteiger partial charge in [0.15, 0.2) is 0 Å². The molecule has 1 N–H and O–H groups in total. The molecular formula is C23H35NO5S2. The van der Waals surface area contributed by atoms with Crippen LogP contribution < -0.4 is 10.1 Å². The van der Waals surface area contributed by atoms with E-state index in [9.17, 15) is 9.59 Å². The Hall–Kier alpha value is -1.54. The van der Waals surface area contributed by atoms with Crippen LogP contribution in [0.15, 0.2) is 24.3 Å². The first-order valence-corrected chi connectivity index (χ1v) is 12.5. The highest BCUT2D eigenvalue weighted by Crippen LogP contribution is 2.57. The number of thioether (sulfide) groups is 2. The van der Waals surface area contributed by atoms with Crippen LogP contribution in [0, 0.1) is 0 Å². The zero-order valence-corrected chi connectivity index (χ0v) is 21.2. The van der Waals surface area contributed by atoms with Crippen molar-refractivity contribution in [2.24, 2.45) is 0 Å². The minimum atomic E-state index is -0.803. The molecule has 0 aromatic heterocycles. The maximum Gasteiger partial charge on any atom is 0.408 e. The van der Waals surface area contributed by atoms with Gasteiger partial charge in [0, 0.05) is 17.1 Å². The zero-order valence-electron chi connectivity index (χ0n) is 19.6. The molecule has 1 aliphatic heterocycles. The van der Waals surface area contributed by atoms with Crippen molar-refractivity contribution in [1.82, 2.24) is 5.32 Å². The number of nitrogens with one attached hydrogen (secondary N) is 1. The summed E-state index contributed by atoms with van der Waals surface area (Å²) < 4.78 is 16.3. The van der Waals surface area contributed by atoms with E-state index in [2.05, 4.69) is 11.4 Å². The van der Waals surface area contributed by atoms with Crippen molar-refractivity contribution < 1.29 is 23.8 Å². The molecule has 2 rings (SSSR count). The first-order valence-electron chi connectivity index (χ1n) is 10.5. The summed E-state index contributed by atoms with van der Waals surface area (Å²) >= 11 is 3.71. The van der Waals surface area contributed by atoms with E-state index < -0.39 is 29.3 Å². The average Bonchev–Trinajstić information content (AvgIpc) is 3.12. The van der Waals surface area contributed by atoms with Gasteiger partial charge in [-0.05, 0) is 60.5 Å². The molecule has 1 fully saturated rings. The second-order valence-corrected chi connectivity index (χ2v) is 12.5. The van der Waals surface area contributed by atoms with Gasteiger partial charge >= 0.3 is 12.1 Å². The molecule has 1 aliphatic rings. The highest BCUT2D eigenvalue weighted by atomic mass is 32.2. The molecule has 0 aliphatic carbocycles. The van der Waals surface area contributed by atoms with Crippen molar-refractivity contribution in [2.45, 2.75) is 75.7 Å². The summed E-state index contributed by atoms with van der Waals surface area (Å²) in [4.78, 5) is 25.3. The number of alkyl carbamates (subject to hydrolysis) is 1. The summed E-state index contributed by atoms with van der Waals surface area (Å²) in [5.74, 6) is 2.40. The monoisotopic (exact) mass is 469 g/mol. The van der Waals surface area contributed by atoms with E-state index in [1.54, 1.807) is 27.9 Å². The SMILES string of the molecule is COc1ccccc1C1(CC[C@H](NC(=O)OC(C)(C)C)C(=O)OC(C)(C)C)SCCS1. The second-order valence-electron chi connectivity index (χ2n) is 9.42. The molecule has 1 aromatic carbocycles. The number of amides is 1. The zero-order chi connectivity index (χ0) is 23.3. The van der Waals surface area contributed by atoms with Gasteiger partial charge in [0.25, 0.3) is 0 Å². The van der Waals surface area contributed by atoms with Crippen LogP contribution in [-0.4, -0.2) is 47.9 Å². The van der Waals surface area contributed by atoms with Crippen molar-refractivity contribution in [3.05, 3.63) is 29.8 Å². The Bertz CT molecular complexity index is 764. The van der Waals surface area contributed by atoms with Crippen LogP contribution in [-0.2, 0) is 18.3 Å². The summed E-state index contributed by atoms with van der Waals surface area (Å²) in [7, 11) is 1.67. The molecule has 0 unspecified atom stereocenters. The molecule has 1 heterocycles. The first-order chi connectivity index (χ1) is 14.4. The van der Waals surface area contributed by atoms with Gasteiger partial charge in [-0.15, -0.1) is 23.5 Å².